The van der Waals surface area contributed by atoms with Gasteiger partial charge in [-0.3, -0.25) is 14.4 Å². The zero-order valence-electron chi connectivity index (χ0n) is 20.7. The number of hydrogen-bond donors (Lipinski definition) is 0. The smallest absolute Gasteiger partial charge is 0.226 e. The molecule has 0 spiro atoms. The summed E-state index contributed by atoms with van der Waals surface area (Å²) in [5, 5.41) is 0. The lowest BCUT2D eigenvalue weighted by atomic mass is 9.74. The van der Waals surface area contributed by atoms with Crippen LogP contribution in [0.5, 0.6) is 5.75 Å². The van der Waals surface area contributed by atoms with Crippen LogP contribution in [-0.4, -0.2) is 54.8 Å². The summed E-state index contributed by atoms with van der Waals surface area (Å²) in [7, 11) is 0. The molecule has 1 saturated carbocycles. The van der Waals surface area contributed by atoms with Gasteiger partial charge in [0, 0.05) is 35.9 Å². The molecule has 2 aromatic rings. The number of halogens is 3. The van der Waals surface area contributed by atoms with Crippen molar-refractivity contribution in [3.8, 4) is 5.75 Å². The van der Waals surface area contributed by atoms with Crippen molar-refractivity contribution in [3.05, 3.63) is 65.0 Å². The number of morpholine rings is 1. The molecule has 2 aliphatic rings. The Morgan fingerprint density at radius 1 is 0.973 bits per heavy atom. The topological polar surface area (TPSA) is 72.9 Å². The summed E-state index contributed by atoms with van der Waals surface area (Å²) in [6, 6.07) is 7.25. The maximum atomic E-state index is 14.4. The Bertz CT molecular complexity index is 1130. The van der Waals surface area contributed by atoms with Gasteiger partial charge < -0.3 is 14.4 Å². The molecular formula is C28H30F3NO5. The fourth-order valence-electron chi connectivity index (χ4n) is 5.06. The Balaban J connectivity index is 1.40. The number of hydrogen-bond acceptors (Lipinski definition) is 5. The number of carbonyl (C=O) groups is 3. The van der Waals surface area contributed by atoms with Crippen LogP contribution in [0.3, 0.4) is 0 Å². The molecule has 0 bridgehead atoms. The Morgan fingerprint density at radius 3 is 2.27 bits per heavy atom. The van der Waals surface area contributed by atoms with Crippen LogP contribution in [0.15, 0.2) is 36.4 Å². The van der Waals surface area contributed by atoms with Gasteiger partial charge in [-0.15, -0.1) is 0 Å². The van der Waals surface area contributed by atoms with Crippen molar-refractivity contribution in [1.29, 1.82) is 0 Å². The van der Waals surface area contributed by atoms with Crippen molar-refractivity contribution in [1.82, 2.24) is 4.90 Å². The number of ketones is 2. The van der Waals surface area contributed by atoms with Crippen LogP contribution in [0, 0.1) is 29.3 Å². The highest BCUT2D eigenvalue weighted by atomic mass is 19.1. The third-order valence-corrected chi connectivity index (χ3v) is 7.05. The third kappa shape index (κ3) is 6.21. The number of Topliss-reactive ketones (excluding diaryl/α,β-unsaturated/α-hetero) is 2. The van der Waals surface area contributed by atoms with Crippen molar-refractivity contribution >= 4 is 17.5 Å². The van der Waals surface area contributed by atoms with E-state index in [4.69, 9.17) is 9.47 Å². The van der Waals surface area contributed by atoms with Crippen LogP contribution in [0.2, 0.25) is 0 Å². The largest absolute Gasteiger partial charge is 0.485 e. The maximum Gasteiger partial charge on any atom is 0.226 e. The first kappa shape index (κ1) is 26.9. The van der Waals surface area contributed by atoms with Crippen molar-refractivity contribution in [2.24, 2.45) is 11.8 Å². The lowest BCUT2D eigenvalue weighted by Crippen LogP contribution is -2.51. The van der Waals surface area contributed by atoms with E-state index < -0.39 is 41.1 Å². The predicted molar refractivity (Wildman–Crippen MR) is 129 cm³/mol. The first-order valence-electron chi connectivity index (χ1n) is 12.6. The predicted octanol–water partition coefficient (Wildman–Crippen LogP) is 4.99. The van der Waals surface area contributed by atoms with Crippen molar-refractivity contribution < 1.29 is 37.0 Å². The first-order valence-corrected chi connectivity index (χ1v) is 12.6. The molecule has 0 N–H and O–H groups in total. The Hall–Kier alpha value is -3.20. The minimum absolute atomic E-state index is 0.0623. The molecule has 4 rings (SSSR count). The van der Waals surface area contributed by atoms with Crippen molar-refractivity contribution in [2.45, 2.75) is 45.1 Å². The second-order valence-corrected chi connectivity index (χ2v) is 9.50. The van der Waals surface area contributed by atoms with Crippen LogP contribution in [0.25, 0.3) is 0 Å². The molecule has 0 radical (unpaired) electrons. The summed E-state index contributed by atoms with van der Waals surface area (Å²) in [6.45, 7) is 2.12. The monoisotopic (exact) mass is 517 g/mol. The molecule has 1 heterocycles. The molecule has 2 aromatic carbocycles. The van der Waals surface area contributed by atoms with Crippen LogP contribution in [0.4, 0.5) is 13.2 Å². The normalized spacial score (nSPS) is 21.9. The highest BCUT2D eigenvalue weighted by Crippen LogP contribution is 2.34. The minimum atomic E-state index is -0.982. The Labute approximate surface area is 213 Å². The molecule has 9 heteroatoms. The Morgan fingerprint density at radius 2 is 1.62 bits per heavy atom. The molecule has 2 fully saturated rings. The van der Waals surface area contributed by atoms with Gasteiger partial charge in [-0.25, -0.2) is 13.2 Å². The number of ether oxygens (including phenoxy) is 2. The van der Waals surface area contributed by atoms with Crippen molar-refractivity contribution in [2.75, 3.05) is 26.3 Å². The summed E-state index contributed by atoms with van der Waals surface area (Å²) in [5.41, 5.74) is 0.322. The fraction of sp³-hybridized carbons (Fsp3) is 0.464. The number of benzene rings is 2. The van der Waals surface area contributed by atoms with Crippen LogP contribution < -0.4 is 4.74 Å². The van der Waals surface area contributed by atoms with E-state index in [9.17, 15) is 27.6 Å². The second-order valence-electron chi connectivity index (χ2n) is 9.50. The van der Waals surface area contributed by atoms with Gasteiger partial charge in [0.15, 0.2) is 29.0 Å². The van der Waals surface area contributed by atoms with E-state index in [1.165, 1.54) is 24.3 Å². The van der Waals surface area contributed by atoms with E-state index >= 15 is 0 Å². The Kier molecular flexibility index (Phi) is 8.63. The molecule has 3 atom stereocenters. The van der Waals surface area contributed by atoms with E-state index in [1.54, 1.807) is 11.8 Å². The third-order valence-electron chi connectivity index (χ3n) is 7.05. The van der Waals surface area contributed by atoms with Gasteiger partial charge in [-0.05, 0) is 49.2 Å². The minimum Gasteiger partial charge on any atom is -0.485 e. The standard InChI is InChI=1S/C28H30F3NO5/c1-2-25(33)18-13-23(30)27(24(31)14-18)37-16-20-15-32(11-12-36-20)28(35)22-6-4-3-5-21(22)26(34)17-7-9-19(29)10-8-17/h7-10,13-14,20-22H,2-6,11-12,15-16H2,1H3/t20?,21-,22-/m1/s1. The second kappa shape index (κ2) is 11.9. The molecule has 1 aliphatic carbocycles. The van der Waals surface area contributed by atoms with E-state index in [0.29, 0.717) is 24.9 Å². The zero-order chi connectivity index (χ0) is 26.5. The summed E-state index contributed by atoms with van der Waals surface area (Å²) < 4.78 is 53.2. The fourth-order valence-corrected chi connectivity index (χ4v) is 5.06. The van der Waals surface area contributed by atoms with Gasteiger partial charge in [0.25, 0.3) is 0 Å². The molecule has 1 saturated heterocycles. The molecule has 1 unspecified atom stereocenters. The van der Waals surface area contributed by atoms with Gasteiger partial charge in [0.05, 0.1) is 13.2 Å². The highest BCUT2D eigenvalue weighted by molar-refractivity contribution is 6.00. The average molecular weight is 518 g/mol. The van der Waals surface area contributed by atoms with Gasteiger partial charge >= 0.3 is 0 Å². The van der Waals surface area contributed by atoms with Gasteiger partial charge in [-0.2, -0.15) is 0 Å². The lowest BCUT2D eigenvalue weighted by Gasteiger charge is -2.38. The van der Waals surface area contributed by atoms with Gasteiger partial charge in [-0.1, -0.05) is 19.8 Å². The molecule has 37 heavy (non-hydrogen) atoms. The van der Waals surface area contributed by atoms with E-state index in [2.05, 4.69) is 0 Å². The number of amides is 1. The summed E-state index contributed by atoms with van der Waals surface area (Å²) >= 11 is 0. The van der Waals surface area contributed by atoms with E-state index in [-0.39, 0.29) is 49.2 Å². The van der Waals surface area contributed by atoms with Gasteiger partial charge in [0.2, 0.25) is 5.91 Å². The molecule has 6 nitrogen and oxygen atoms in total. The molecular weight excluding hydrogens is 487 g/mol. The van der Waals surface area contributed by atoms with Crippen LogP contribution in [0.1, 0.15) is 59.7 Å². The molecule has 198 valence electrons. The van der Waals surface area contributed by atoms with Crippen LogP contribution >= 0.6 is 0 Å². The van der Waals surface area contributed by atoms with E-state index in [0.717, 1.165) is 25.0 Å². The summed E-state index contributed by atoms with van der Waals surface area (Å²) in [4.78, 5) is 40.0. The average Bonchev–Trinajstić information content (AvgIpc) is 2.91. The lowest BCUT2D eigenvalue weighted by molar-refractivity contribution is -0.146. The molecule has 0 aromatic heterocycles. The molecule has 1 aliphatic heterocycles. The maximum absolute atomic E-state index is 14.4. The van der Waals surface area contributed by atoms with Crippen LogP contribution in [-0.2, 0) is 9.53 Å². The summed E-state index contributed by atoms with van der Waals surface area (Å²) in [6.07, 6.45) is 2.32. The highest BCUT2D eigenvalue weighted by Gasteiger charge is 2.39. The first-order chi connectivity index (χ1) is 17.8. The SMILES string of the molecule is CCC(=O)c1cc(F)c(OCC2CN(C(=O)[C@@H]3CCCC[C@H]3C(=O)c3ccc(F)cc3)CCO2)c(F)c1. The number of carbonyl (C=O) groups excluding carboxylic acids is 3. The van der Waals surface area contributed by atoms with Crippen molar-refractivity contribution in [3.63, 3.8) is 0 Å². The number of nitrogens with zero attached hydrogens (tertiary/aromatic N) is 1. The zero-order valence-corrected chi connectivity index (χ0v) is 20.7. The summed E-state index contributed by atoms with van der Waals surface area (Å²) in [5.74, 6) is -4.68. The number of rotatable bonds is 8. The van der Waals surface area contributed by atoms with Gasteiger partial charge in [0.1, 0.15) is 18.5 Å². The molecule has 1 amide bonds. The van der Waals surface area contributed by atoms with E-state index in [1.807, 2.05) is 0 Å². The quantitative estimate of drug-likeness (QED) is 0.462.